The highest BCUT2D eigenvalue weighted by Gasteiger charge is 2.31. The number of nitrogens with zero attached hydrogens (tertiary/aromatic N) is 2. The summed E-state index contributed by atoms with van der Waals surface area (Å²) in [5.74, 6) is -0.0563. The molecule has 3 heterocycles. The molecule has 0 aromatic heterocycles. The van der Waals surface area contributed by atoms with Crippen molar-refractivity contribution in [2.45, 2.75) is 31.8 Å². The fourth-order valence-corrected chi connectivity index (χ4v) is 3.90. The first-order chi connectivity index (χ1) is 10.4. The highest BCUT2D eigenvalue weighted by molar-refractivity contribution is 7.90. The fraction of sp³-hybridized carbons (Fsp3) is 0.571. The molecule has 0 spiro atoms. The molecule has 3 aliphatic heterocycles. The molecule has 0 aromatic rings. The SMILES string of the molecule is CC1CC(NC(=O)C2=CC=CN3CCS(=O)(=O)N=C23)CCN1. The van der Waals surface area contributed by atoms with Gasteiger partial charge in [0.25, 0.3) is 15.9 Å². The molecular weight excluding hydrogens is 304 g/mol. The number of sulfonamides is 1. The van der Waals surface area contributed by atoms with Gasteiger partial charge >= 0.3 is 0 Å². The third-order valence-electron chi connectivity index (χ3n) is 4.06. The van der Waals surface area contributed by atoms with E-state index in [2.05, 4.69) is 22.0 Å². The molecule has 3 rings (SSSR count). The molecule has 7 nitrogen and oxygen atoms in total. The van der Waals surface area contributed by atoms with E-state index in [9.17, 15) is 13.2 Å². The van der Waals surface area contributed by atoms with Crippen molar-refractivity contribution < 1.29 is 13.2 Å². The molecule has 0 aliphatic carbocycles. The zero-order valence-electron chi connectivity index (χ0n) is 12.4. The quantitative estimate of drug-likeness (QED) is 0.730. The largest absolute Gasteiger partial charge is 0.349 e. The van der Waals surface area contributed by atoms with E-state index in [1.54, 1.807) is 23.3 Å². The van der Waals surface area contributed by atoms with Crippen molar-refractivity contribution in [3.8, 4) is 0 Å². The number of amidine groups is 1. The van der Waals surface area contributed by atoms with E-state index in [0.29, 0.717) is 18.2 Å². The molecule has 120 valence electrons. The Bertz CT molecular complexity index is 666. The summed E-state index contributed by atoms with van der Waals surface area (Å²) < 4.78 is 27.2. The van der Waals surface area contributed by atoms with Crippen molar-refractivity contribution in [1.82, 2.24) is 15.5 Å². The van der Waals surface area contributed by atoms with Crippen LogP contribution < -0.4 is 10.6 Å². The number of allylic oxidation sites excluding steroid dienone is 2. The third-order valence-corrected chi connectivity index (χ3v) is 5.21. The summed E-state index contributed by atoms with van der Waals surface area (Å²) in [6.45, 7) is 3.28. The van der Waals surface area contributed by atoms with Crippen molar-refractivity contribution in [3.63, 3.8) is 0 Å². The predicted molar refractivity (Wildman–Crippen MR) is 83.8 cm³/mol. The van der Waals surface area contributed by atoms with Gasteiger partial charge in [-0.2, -0.15) is 0 Å². The van der Waals surface area contributed by atoms with Crippen LogP contribution in [0.15, 0.2) is 28.3 Å². The summed E-state index contributed by atoms with van der Waals surface area (Å²) >= 11 is 0. The molecule has 0 aromatic carbocycles. The van der Waals surface area contributed by atoms with Gasteiger partial charge in [0.05, 0.1) is 11.3 Å². The highest BCUT2D eigenvalue weighted by atomic mass is 32.2. The van der Waals surface area contributed by atoms with Gasteiger partial charge in [-0.25, -0.2) is 8.42 Å². The van der Waals surface area contributed by atoms with Crippen LogP contribution in [-0.4, -0.2) is 56.0 Å². The number of fused-ring (bicyclic) bond motifs is 1. The second-order valence-electron chi connectivity index (χ2n) is 5.87. The number of piperidine rings is 1. The van der Waals surface area contributed by atoms with Crippen LogP contribution >= 0.6 is 0 Å². The van der Waals surface area contributed by atoms with Crippen molar-refractivity contribution >= 4 is 21.8 Å². The topological polar surface area (TPSA) is 90.9 Å². The Labute approximate surface area is 130 Å². The molecular formula is C14H20N4O3S. The number of amides is 1. The van der Waals surface area contributed by atoms with E-state index in [-0.39, 0.29) is 23.5 Å². The molecule has 1 saturated heterocycles. The molecule has 1 fully saturated rings. The van der Waals surface area contributed by atoms with E-state index in [0.717, 1.165) is 19.4 Å². The molecule has 2 unspecified atom stereocenters. The Morgan fingerprint density at radius 1 is 1.50 bits per heavy atom. The lowest BCUT2D eigenvalue weighted by atomic mass is 10.00. The van der Waals surface area contributed by atoms with Crippen molar-refractivity contribution in [3.05, 3.63) is 23.9 Å². The van der Waals surface area contributed by atoms with Crippen molar-refractivity contribution in [2.24, 2.45) is 4.40 Å². The molecule has 1 amide bonds. The number of hydrogen-bond donors (Lipinski definition) is 2. The minimum atomic E-state index is -3.48. The number of hydrogen-bond acceptors (Lipinski definition) is 5. The van der Waals surface area contributed by atoms with Gasteiger partial charge < -0.3 is 15.5 Å². The Kier molecular flexibility index (Phi) is 4.05. The normalized spacial score (nSPS) is 30.1. The maximum atomic E-state index is 12.5. The lowest BCUT2D eigenvalue weighted by molar-refractivity contribution is -0.117. The minimum Gasteiger partial charge on any atom is -0.349 e. The molecule has 0 radical (unpaired) electrons. The maximum Gasteiger partial charge on any atom is 0.256 e. The Morgan fingerprint density at radius 3 is 3.09 bits per heavy atom. The van der Waals surface area contributed by atoms with Crippen LogP contribution in [0.1, 0.15) is 19.8 Å². The van der Waals surface area contributed by atoms with E-state index < -0.39 is 10.0 Å². The van der Waals surface area contributed by atoms with E-state index in [4.69, 9.17) is 0 Å². The van der Waals surface area contributed by atoms with Gasteiger partial charge in [0.15, 0.2) is 5.84 Å². The fourth-order valence-electron chi connectivity index (χ4n) is 2.92. The van der Waals surface area contributed by atoms with Gasteiger partial charge in [0, 0.05) is 24.8 Å². The molecule has 0 saturated carbocycles. The van der Waals surface area contributed by atoms with E-state index in [1.165, 1.54) is 0 Å². The van der Waals surface area contributed by atoms with Crippen LogP contribution in [0.2, 0.25) is 0 Å². The summed E-state index contributed by atoms with van der Waals surface area (Å²) in [5.41, 5.74) is 0.317. The first kappa shape index (κ1) is 15.2. The zero-order chi connectivity index (χ0) is 15.7. The highest BCUT2D eigenvalue weighted by Crippen LogP contribution is 2.18. The second-order valence-corrected chi connectivity index (χ2v) is 7.62. The van der Waals surface area contributed by atoms with E-state index in [1.807, 2.05) is 0 Å². The van der Waals surface area contributed by atoms with Gasteiger partial charge in [-0.05, 0) is 38.5 Å². The standard InChI is InChI=1S/C14H20N4O3S/c1-10-9-11(4-5-15-10)16-14(19)12-3-2-6-18-7-8-22(20,21)17-13(12)18/h2-3,6,10-11,15H,4-5,7-9H2,1H3,(H,16,19). The summed E-state index contributed by atoms with van der Waals surface area (Å²) in [5, 5.41) is 6.33. The lowest BCUT2D eigenvalue weighted by Crippen LogP contribution is -2.49. The van der Waals surface area contributed by atoms with Crippen molar-refractivity contribution in [1.29, 1.82) is 0 Å². The van der Waals surface area contributed by atoms with E-state index >= 15 is 0 Å². The van der Waals surface area contributed by atoms with Gasteiger partial charge in [-0.1, -0.05) is 0 Å². The molecule has 2 N–H and O–H groups in total. The van der Waals surface area contributed by atoms with Crippen LogP contribution in [0.25, 0.3) is 0 Å². The summed E-state index contributed by atoms with van der Waals surface area (Å²) in [6.07, 6.45) is 6.85. The number of rotatable bonds is 2. The average Bonchev–Trinajstić information content (AvgIpc) is 2.45. The molecule has 3 aliphatic rings. The summed E-state index contributed by atoms with van der Waals surface area (Å²) in [6, 6.07) is 0.466. The lowest BCUT2D eigenvalue weighted by Gasteiger charge is -2.31. The minimum absolute atomic E-state index is 0.0262. The van der Waals surface area contributed by atoms with Crippen LogP contribution in [-0.2, 0) is 14.8 Å². The summed E-state index contributed by atoms with van der Waals surface area (Å²) in [7, 11) is -3.48. The Morgan fingerprint density at radius 2 is 2.32 bits per heavy atom. The first-order valence-electron chi connectivity index (χ1n) is 7.47. The smallest absolute Gasteiger partial charge is 0.256 e. The summed E-state index contributed by atoms with van der Waals surface area (Å²) in [4.78, 5) is 14.2. The number of nitrogens with one attached hydrogen (secondary N) is 2. The Balaban J connectivity index is 1.78. The monoisotopic (exact) mass is 324 g/mol. The molecule has 8 heteroatoms. The van der Waals surface area contributed by atoms with Crippen LogP contribution in [0.5, 0.6) is 0 Å². The Hall–Kier alpha value is -1.67. The van der Waals surface area contributed by atoms with Crippen molar-refractivity contribution in [2.75, 3.05) is 18.8 Å². The third kappa shape index (κ3) is 3.22. The van der Waals surface area contributed by atoms with Crippen LogP contribution in [0.3, 0.4) is 0 Å². The van der Waals surface area contributed by atoms with Gasteiger partial charge in [0.1, 0.15) is 0 Å². The average molecular weight is 324 g/mol. The molecule has 22 heavy (non-hydrogen) atoms. The second kappa shape index (κ2) is 5.85. The molecule has 0 bridgehead atoms. The zero-order valence-corrected chi connectivity index (χ0v) is 13.3. The van der Waals surface area contributed by atoms with Gasteiger partial charge in [0.2, 0.25) is 0 Å². The van der Waals surface area contributed by atoms with Crippen LogP contribution in [0, 0.1) is 0 Å². The van der Waals surface area contributed by atoms with Crippen LogP contribution in [0.4, 0.5) is 0 Å². The molecule has 2 atom stereocenters. The van der Waals surface area contributed by atoms with Gasteiger partial charge in [-0.3, -0.25) is 4.79 Å². The van der Waals surface area contributed by atoms with Gasteiger partial charge in [-0.15, -0.1) is 4.40 Å². The maximum absolute atomic E-state index is 12.5. The number of carbonyl (C=O) groups excluding carboxylic acids is 1. The first-order valence-corrected chi connectivity index (χ1v) is 9.08. The number of carbonyl (C=O) groups is 1. The predicted octanol–water partition coefficient (Wildman–Crippen LogP) is -0.259.